The molecular formula is C25H31N3O3S. The Morgan fingerprint density at radius 2 is 2.09 bits per heavy atom. The minimum atomic E-state index is -0.884. The molecule has 2 aliphatic carbocycles. The zero-order valence-electron chi connectivity index (χ0n) is 18.7. The highest BCUT2D eigenvalue weighted by Gasteiger charge is 2.33. The summed E-state index contributed by atoms with van der Waals surface area (Å²) in [5.41, 5.74) is 3.76. The number of aromatic carboxylic acids is 1. The van der Waals surface area contributed by atoms with Crippen LogP contribution >= 0.6 is 11.3 Å². The number of fused-ring (bicyclic) bond motifs is 1. The number of benzene rings is 1. The zero-order chi connectivity index (χ0) is 22.9. The van der Waals surface area contributed by atoms with Gasteiger partial charge in [-0.15, -0.1) is 11.3 Å². The van der Waals surface area contributed by atoms with Crippen LogP contribution in [0.5, 0.6) is 0 Å². The lowest BCUT2D eigenvalue weighted by Gasteiger charge is -2.30. The van der Waals surface area contributed by atoms with Gasteiger partial charge < -0.3 is 15.3 Å². The minimum Gasteiger partial charge on any atom is -0.478 e. The van der Waals surface area contributed by atoms with Gasteiger partial charge in [-0.25, -0.2) is 10.7 Å². The van der Waals surface area contributed by atoms with Crippen LogP contribution in [0.2, 0.25) is 0 Å². The first kappa shape index (κ1) is 22.8. The van der Waals surface area contributed by atoms with Crippen LogP contribution in [0.15, 0.2) is 18.2 Å². The molecular weight excluding hydrogens is 422 g/mol. The second kappa shape index (κ2) is 9.22. The first-order chi connectivity index (χ1) is 15.3. The molecule has 2 aromatic rings. The van der Waals surface area contributed by atoms with Crippen molar-refractivity contribution in [2.45, 2.75) is 64.8 Å². The van der Waals surface area contributed by atoms with Gasteiger partial charge in [-0.05, 0) is 80.0 Å². The van der Waals surface area contributed by atoms with Crippen molar-refractivity contribution in [1.82, 2.24) is 0 Å². The Balaban J connectivity index is 1.70. The number of nitrogens with two attached hydrogens (primary N) is 1. The number of nitrogens with zero attached hydrogens (tertiary/aromatic N) is 1. The maximum atomic E-state index is 12.4. The van der Waals surface area contributed by atoms with E-state index in [2.05, 4.69) is 25.2 Å². The third-order valence-corrected chi connectivity index (χ3v) is 8.25. The molecule has 170 valence electrons. The van der Waals surface area contributed by atoms with Crippen molar-refractivity contribution in [1.29, 1.82) is 5.26 Å². The summed E-state index contributed by atoms with van der Waals surface area (Å²) < 4.78 is 0. The maximum Gasteiger partial charge on any atom is 0.337 e. The van der Waals surface area contributed by atoms with Gasteiger partial charge in [0, 0.05) is 22.2 Å². The van der Waals surface area contributed by atoms with Crippen molar-refractivity contribution in [3.8, 4) is 16.5 Å². The van der Waals surface area contributed by atoms with Crippen LogP contribution < -0.4 is 11.2 Å². The summed E-state index contributed by atoms with van der Waals surface area (Å²) in [6, 6.07) is 8.09. The Kier molecular flexibility index (Phi) is 6.57. The van der Waals surface area contributed by atoms with Gasteiger partial charge in [0.1, 0.15) is 0 Å². The average Bonchev–Trinajstić information content (AvgIpc) is 3.13. The summed E-state index contributed by atoms with van der Waals surface area (Å²) >= 11 is 1.59. The quantitative estimate of drug-likeness (QED) is 0.508. The minimum absolute atomic E-state index is 0.0943. The van der Waals surface area contributed by atoms with E-state index in [-0.39, 0.29) is 5.41 Å². The lowest BCUT2D eigenvalue weighted by molar-refractivity contribution is 0.0696. The van der Waals surface area contributed by atoms with Gasteiger partial charge in [0.25, 0.3) is 0 Å². The predicted octanol–water partition coefficient (Wildman–Crippen LogP) is 5.36. The van der Waals surface area contributed by atoms with E-state index in [0.717, 1.165) is 66.6 Å². The van der Waals surface area contributed by atoms with Gasteiger partial charge >= 0.3 is 5.97 Å². The molecule has 0 aliphatic heterocycles. The molecule has 1 heterocycles. The molecule has 2 aliphatic rings. The SMILES string of the molecule is CC1(C)CCc2sc(-c3cc(C#N)ccc3NC3CCC(CON)CC3)c(C(=O)O)c2C1. The number of anilines is 1. The molecule has 0 unspecified atom stereocenters. The third-order valence-electron chi connectivity index (χ3n) is 6.92. The monoisotopic (exact) mass is 453 g/mol. The normalized spacial score (nSPS) is 22.1. The van der Waals surface area contributed by atoms with Crippen molar-refractivity contribution in [3.63, 3.8) is 0 Å². The fourth-order valence-corrected chi connectivity index (χ4v) is 6.43. The lowest BCUT2D eigenvalue weighted by Crippen LogP contribution is -2.28. The van der Waals surface area contributed by atoms with Crippen LogP contribution in [0.25, 0.3) is 10.4 Å². The van der Waals surface area contributed by atoms with E-state index >= 15 is 0 Å². The van der Waals surface area contributed by atoms with Crippen LogP contribution in [-0.4, -0.2) is 23.7 Å². The molecule has 0 atom stereocenters. The molecule has 4 rings (SSSR count). The number of carbonyl (C=O) groups is 1. The number of nitrogens with one attached hydrogen (secondary N) is 1. The number of carboxylic acid groups (broad SMARTS) is 1. The molecule has 0 radical (unpaired) electrons. The topological polar surface area (TPSA) is 108 Å². The molecule has 0 bridgehead atoms. The van der Waals surface area contributed by atoms with Crippen LogP contribution in [0.3, 0.4) is 0 Å². The molecule has 1 aromatic heterocycles. The van der Waals surface area contributed by atoms with Crippen molar-refractivity contribution in [2.75, 3.05) is 11.9 Å². The molecule has 1 aromatic carbocycles. The fraction of sp³-hybridized carbons (Fsp3) is 0.520. The van der Waals surface area contributed by atoms with Crippen molar-refractivity contribution in [2.24, 2.45) is 17.2 Å². The molecule has 32 heavy (non-hydrogen) atoms. The van der Waals surface area contributed by atoms with Crippen molar-refractivity contribution in [3.05, 3.63) is 39.8 Å². The molecule has 7 heteroatoms. The fourth-order valence-electron chi connectivity index (χ4n) is 5.09. The third kappa shape index (κ3) is 4.68. The Morgan fingerprint density at radius 1 is 1.34 bits per heavy atom. The summed E-state index contributed by atoms with van der Waals surface area (Å²) in [5, 5.41) is 23.3. The van der Waals surface area contributed by atoms with Crippen LogP contribution in [0, 0.1) is 22.7 Å². The van der Waals surface area contributed by atoms with E-state index in [9.17, 15) is 15.2 Å². The van der Waals surface area contributed by atoms with E-state index < -0.39 is 5.97 Å². The zero-order valence-corrected chi connectivity index (χ0v) is 19.6. The number of carboxylic acids is 1. The summed E-state index contributed by atoms with van der Waals surface area (Å²) in [6.45, 7) is 5.00. The average molecular weight is 454 g/mol. The van der Waals surface area contributed by atoms with E-state index in [1.165, 1.54) is 4.88 Å². The number of hydrogen-bond donors (Lipinski definition) is 3. The number of thiophene rings is 1. The highest BCUT2D eigenvalue weighted by molar-refractivity contribution is 7.16. The van der Waals surface area contributed by atoms with Gasteiger partial charge in [0.2, 0.25) is 0 Å². The van der Waals surface area contributed by atoms with Crippen LogP contribution in [0.1, 0.15) is 72.3 Å². The molecule has 6 nitrogen and oxygen atoms in total. The highest BCUT2D eigenvalue weighted by atomic mass is 32.1. The summed E-state index contributed by atoms with van der Waals surface area (Å²) in [4.78, 5) is 19.2. The van der Waals surface area contributed by atoms with E-state index in [1.807, 2.05) is 12.1 Å². The van der Waals surface area contributed by atoms with E-state index in [1.54, 1.807) is 17.4 Å². The Labute approximate surface area is 193 Å². The second-order valence-electron chi connectivity index (χ2n) is 9.92. The summed E-state index contributed by atoms with van der Waals surface area (Å²) in [6.07, 6.45) is 6.84. The summed E-state index contributed by atoms with van der Waals surface area (Å²) in [7, 11) is 0. The van der Waals surface area contributed by atoms with Gasteiger partial charge in [-0.2, -0.15) is 5.26 Å². The van der Waals surface area contributed by atoms with E-state index in [0.29, 0.717) is 29.7 Å². The molecule has 1 saturated carbocycles. The van der Waals surface area contributed by atoms with Gasteiger partial charge in [0.15, 0.2) is 0 Å². The van der Waals surface area contributed by atoms with E-state index in [4.69, 9.17) is 10.7 Å². The second-order valence-corrected chi connectivity index (χ2v) is 11.0. The molecule has 0 saturated heterocycles. The standard InChI is InChI=1S/C25H31N3O3S/c1-25(2)10-9-21-19(12-25)22(24(29)30)23(32-21)18-11-16(13-26)5-8-20(18)28-17-6-3-15(4-7-17)14-31-27/h5,8,11,15,17,28H,3-4,6-7,9-10,12,14,27H2,1-2H3,(H,29,30). The molecule has 4 N–H and O–H groups in total. The number of nitriles is 1. The largest absolute Gasteiger partial charge is 0.478 e. The Hall–Kier alpha value is -2.40. The van der Waals surface area contributed by atoms with Crippen molar-refractivity contribution >= 4 is 23.0 Å². The summed E-state index contributed by atoms with van der Waals surface area (Å²) in [5.74, 6) is 4.84. The van der Waals surface area contributed by atoms with Gasteiger partial charge in [-0.1, -0.05) is 13.8 Å². The van der Waals surface area contributed by atoms with Gasteiger partial charge in [0.05, 0.1) is 28.7 Å². The van der Waals surface area contributed by atoms with Crippen molar-refractivity contribution < 1.29 is 14.7 Å². The Morgan fingerprint density at radius 3 is 2.75 bits per heavy atom. The Bertz CT molecular complexity index is 1050. The predicted molar refractivity (Wildman–Crippen MR) is 127 cm³/mol. The number of rotatable bonds is 6. The lowest BCUT2D eigenvalue weighted by atomic mass is 9.76. The molecule has 0 amide bonds. The highest BCUT2D eigenvalue weighted by Crippen LogP contribution is 2.47. The first-order valence-corrected chi connectivity index (χ1v) is 12.1. The molecule has 1 fully saturated rings. The molecule has 0 spiro atoms. The smallest absolute Gasteiger partial charge is 0.337 e. The number of hydrogen-bond acceptors (Lipinski definition) is 6. The first-order valence-electron chi connectivity index (χ1n) is 11.3. The maximum absolute atomic E-state index is 12.4. The van der Waals surface area contributed by atoms with Gasteiger partial charge in [-0.3, -0.25) is 0 Å². The van der Waals surface area contributed by atoms with Crippen LogP contribution in [-0.2, 0) is 17.7 Å². The number of aryl methyl sites for hydroxylation is 1. The van der Waals surface area contributed by atoms with Crippen LogP contribution in [0.4, 0.5) is 5.69 Å².